The number of piperidine rings is 1. The van der Waals surface area contributed by atoms with E-state index in [0.29, 0.717) is 19.5 Å². The van der Waals surface area contributed by atoms with Crippen molar-refractivity contribution in [3.8, 4) is 0 Å². The molecule has 4 heterocycles. The number of nitrogens with one attached hydrogen (secondary N) is 5. The standard InChI is InChI=1S/C16H28F4N8O/c17-8-5-24-13-11(12(21)26-28(13)7-8)14(29)25-9-6-22-2-1-10(9)27-4-3-23-15(27)16(18,19)20/h8-13,15,22-24,26H,1-7,21H2,(H,25,29). The van der Waals surface area contributed by atoms with Gasteiger partial charge >= 0.3 is 6.18 Å². The van der Waals surface area contributed by atoms with Gasteiger partial charge in [0, 0.05) is 38.8 Å². The summed E-state index contributed by atoms with van der Waals surface area (Å²) in [5, 5.41) is 13.1. The van der Waals surface area contributed by atoms with E-state index in [1.165, 1.54) is 4.90 Å². The largest absolute Gasteiger partial charge is 0.417 e. The number of hydrogen-bond donors (Lipinski definition) is 6. The molecule has 0 radical (unpaired) electrons. The second-order valence-electron chi connectivity index (χ2n) is 8.09. The van der Waals surface area contributed by atoms with Crippen LogP contribution in [0.5, 0.6) is 0 Å². The Labute approximate surface area is 166 Å². The molecule has 7 unspecified atom stereocenters. The van der Waals surface area contributed by atoms with E-state index in [1.54, 1.807) is 5.01 Å². The van der Waals surface area contributed by atoms with Crippen molar-refractivity contribution >= 4 is 5.91 Å². The lowest BCUT2D eigenvalue weighted by Gasteiger charge is -2.42. The highest BCUT2D eigenvalue weighted by Gasteiger charge is 2.51. The van der Waals surface area contributed by atoms with Gasteiger partial charge in [0.05, 0.1) is 24.3 Å². The quantitative estimate of drug-likeness (QED) is 0.279. The molecule has 0 aliphatic carbocycles. The topological polar surface area (TPSA) is 110 Å². The van der Waals surface area contributed by atoms with E-state index < -0.39 is 48.8 Å². The smallest absolute Gasteiger partial charge is 0.350 e. The summed E-state index contributed by atoms with van der Waals surface area (Å²) >= 11 is 0. The highest BCUT2D eigenvalue weighted by molar-refractivity contribution is 5.81. The molecule has 7 N–H and O–H groups in total. The van der Waals surface area contributed by atoms with Gasteiger partial charge in [-0.25, -0.2) is 14.8 Å². The predicted octanol–water partition coefficient (Wildman–Crippen LogP) is -2.38. The number of hydrazine groups is 1. The average Bonchev–Trinajstić information content (AvgIpc) is 3.25. The van der Waals surface area contributed by atoms with Gasteiger partial charge in [-0.1, -0.05) is 0 Å². The minimum absolute atomic E-state index is 0.121. The maximum Gasteiger partial charge on any atom is 0.417 e. The number of carbonyl (C=O) groups excluding carboxylic acids is 1. The average molecular weight is 424 g/mol. The van der Waals surface area contributed by atoms with Gasteiger partial charge in [-0.05, 0) is 13.0 Å². The monoisotopic (exact) mass is 424 g/mol. The summed E-state index contributed by atoms with van der Waals surface area (Å²) in [6.45, 7) is 1.72. The molecule has 4 aliphatic heterocycles. The number of nitrogens with two attached hydrogens (primary N) is 1. The number of hydrogen-bond acceptors (Lipinski definition) is 8. The number of amides is 1. The van der Waals surface area contributed by atoms with E-state index in [-0.39, 0.29) is 32.1 Å². The molecular weight excluding hydrogens is 396 g/mol. The SMILES string of the molecule is NC1NN2CC(F)CNC2C1C(=O)NC1CNCCC1N1CCNC1C(F)(F)F. The Morgan fingerprint density at radius 2 is 1.97 bits per heavy atom. The first kappa shape index (κ1) is 21.2. The number of alkyl halides is 4. The lowest BCUT2D eigenvalue weighted by molar-refractivity contribution is -0.188. The van der Waals surface area contributed by atoms with Crippen molar-refractivity contribution in [2.24, 2.45) is 11.7 Å². The maximum atomic E-state index is 13.6. The highest BCUT2D eigenvalue weighted by atomic mass is 19.4. The molecule has 1 amide bonds. The normalized spacial score (nSPS) is 42.0. The van der Waals surface area contributed by atoms with Crippen LogP contribution in [-0.4, -0.2) is 98.0 Å². The zero-order valence-corrected chi connectivity index (χ0v) is 15.9. The summed E-state index contributed by atoms with van der Waals surface area (Å²) in [7, 11) is 0. The predicted molar refractivity (Wildman–Crippen MR) is 95.8 cm³/mol. The van der Waals surface area contributed by atoms with Crippen LogP contribution in [0.4, 0.5) is 17.6 Å². The Kier molecular flexibility index (Phi) is 5.99. The number of rotatable bonds is 3. The summed E-state index contributed by atoms with van der Waals surface area (Å²) in [5.74, 6) is -1.03. The fourth-order valence-electron chi connectivity index (χ4n) is 4.88. The Hall–Kier alpha value is -1.09. The summed E-state index contributed by atoms with van der Waals surface area (Å²) in [6, 6.07) is -0.933. The highest BCUT2D eigenvalue weighted by Crippen LogP contribution is 2.29. The van der Waals surface area contributed by atoms with Gasteiger partial charge in [0.25, 0.3) is 0 Å². The molecule has 7 atom stereocenters. The molecule has 13 heteroatoms. The Morgan fingerprint density at radius 3 is 2.72 bits per heavy atom. The van der Waals surface area contributed by atoms with Crippen LogP contribution in [-0.2, 0) is 4.79 Å². The first-order valence-electron chi connectivity index (χ1n) is 9.98. The van der Waals surface area contributed by atoms with Gasteiger partial charge in [0.2, 0.25) is 5.91 Å². The Balaban J connectivity index is 1.45. The molecule has 0 aromatic rings. The number of nitrogens with zero attached hydrogens (tertiary/aromatic N) is 2. The van der Waals surface area contributed by atoms with E-state index in [4.69, 9.17) is 5.73 Å². The van der Waals surface area contributed by atoms with E-state index in [2.05, 4.69) is 26.7 Å². The summed E-state index contributed by atoms with van der Waals surface area (Å²) in [5.41, 5.74) is 8.98. The van der Waals surface area contributed by atoms with Gasteiger partial charge in [0.15, 0.2) is 6.17 Å². The third kappa shape index (κ3) is 4.22. The Morgan fingerprint density at radius 1 is 1.17 bits per heavy atom. The minimum Gasteiger partial charge on any atom is -0.350 e. The molecule has 0 aromatic carbocycles. The fraction of sp³-hybridized carbons (Fsp3) is 0.938. The number of halogens is 4. The van der Waals surface area contributed by atoms with Crippen molar-refractivity contribution in [3.63, 3.8) is 0 Å². The molecule has 29 heavy (non-hydrogen) atoms. The first-order chi connectivity index (χ1) is 13.8. The molecule has 4 saturated heterocycles. The first-order valence-corrected chi connectivity index (χ1v) is 9.98. The zero-order valence-electron chi connectivity index (χ0n) is 15.9. The van der Waals surface area contributed by atoms with Gasteiger partial charge in [0.1, 0.15) is 6.17 Å². The van der Waals surface area contributed by atoms with Gasteiger partial charge in [-0.3, -0.25) is 20.3 Å². The molecule has 0 bridgehead atoms. The van der Waals surface area contributed by atoms with Gasteiger partial charge in [-0.15, -0.1) is 0 Å². The van der Waals surface area contributed by atoms with Crippen LogP contribution in [0.15, 0.2) is 0 Å². The van der Waals surface area contributed by atoms with E-state index in [0.717, 1.165) is 0 Å². The fourth-order valence-corrected chi connectivity index (χ4v) is 4.88. The van der Waals surface area contributed by atoms with Crippen molar-refractivity contribution in [1.82, 2.24) is 36.6 Å². The van der Waals surface area contributed by atoms with Gasteiger partial charge < -0.3 is 16.4 Å². The second kappa shape index (κ2) is 8.21. The zero-order chi connectivity index (χ0) is 20.8. The summed E-state index contributed by atoms with van der Waals surface area (Å²) in [6.07, 6.45) is -7.83. The van der Waals surface area contributed by atoms with Crippen LogP contribution < -0.4 is 32.4 Å². The summed E-state index contributed by atoms with van der Waals surface area (Å²) < 4.78 is 53.8. The molecule has 0 saturated carbocycles. The molecule has 9 nitrogen and oxygen atoms in total. The third-order valence-corrected chi connectivity index (χ3v) is 6.17. The van der Waals surface area contributed by atoms with Crippen molar-refractivity contribution in [1.29, 1.82) is 0 Å². The molecule has 0 aromatic heterocycles. The van der Waals surface area contributed by atoms with Crippen molar-refractivity contribution in [2.45, 2.75) is 49.3 Å². The maximum absolute atomic E-state index is 13.6. The van der Waals surface area contributed by atoms with Crippen LogP contribution >= 0.6 is 0 Å². The van der Waals surface area contributed by atoms with E-state index in [9.17, 15) is 22.4 Å². The van der Waals surface area contributed by atoms with Crippen molar-refractivity contribution < 1.29 is 22.4 Å². The van der Waals surface area contributed by atoms with Crippen LogP contribution in [0.25, 0.3) is 0 Å². The number of carbonyl (C=O) groups is 1. The van der Waals surface area contributed by atoms with Crippen LogP contribution in [0.1, 0.15) is 6.42 Å². The van der Waals surface area contributed by atoms with Crippen LogP contribution in [0.3, 0.4) is 0 Å². The van der Waals surface area contributed by atoms with E-state index >= 15 is 0 Å². The van der Waals surface area contributed by atoms with Crippen LogP contribution in [0, 0.1) is 5.92 Å². The number of fused-ring (bicyclic) bond motifs is 1. The minimum atomic E-state index is -4.39. The lowest BCUT2D eigenvalue weighted by atomic mass is 9.96. The second-order valence-corrected chi connectivity index (χ2v) is 8.09. The molecule has 4 aliphatic rings. The Bertz CT molecular complexity index is 610. The molecule has 4 fully saturated rings. The summed E-state index contributed by atoms with van der Waals surface area (Å²) in [4.78, 5) is 14.4. The molecule has 4 rings (SSSR count). The van der Waals surface area contributed by atoms with Crippen LogP contribution in [0.2, 0.25) is 0 Å². The van der Waals surface area contributed by atoms with Gasteiger partial charge in [-0.2, -0.15) is 13.2 Å². The van der Waals surface area contributed by atoms with Crippen molar-refractivity contribution in [2.75, 3.05) is 39.3 Å². The van der Waals surface area contributed by atoms with E-state index in [1.807, 2.05) is 0 Å². The lowest BCUT2D eigenvalue weighted by Crippen LogP contribution is -2.65. The molecule has 166 valence electrons. The molecular formula is C16H28F4N8O. The molecule has 0 spiro atoms. The third-order valence-electron chi connectivity index (χ3n) is 6.17. The van der Waals surface area contributed by atoms with Crippen molar-refractivity contribution in [3.05, 3.63) is 0 Å².